The van der Waals surface area contributed by atoms with E-state index in [1.807, 2.05) is 42.5 Å². The first-order chi connectivity index (χ1) is 15.7. The molecule has 1 atom stereocenters. The number of carbonyl (C=O) groups excluding carboxylic acids is 1. The van der Waals surface area contributed by atoms with Crippen LogP contribution in [0.3, 0.4) is 0 Å². The van der Waals surface area contributed by atoms with E-state index < -0.39 is 0 Å². The second-order valence-corrected chi connectivity index (χ2v) is 7.78. The summed E-state index contributed by atoms with van der Waals surface area (Å²) in [4.78, 5) is 30.3. The summed E-state index contributed by atoms with van der Waals surface area (Å²) in [7, 11) is 0. The van der Waals surface area contributed by atoms with E-state index in [-0.39, 0.29) is 17.8 Å². The van der Waals surface area contributed by atoms with Gasteiger partial charge in [0.1, 0.15) is 0 Å². The largest absolute Gasteiger partial charge is 0.374 e. The molecular formula is C24H27N5O3. The van der Waals surface area contributed by atoms with Crippen LogP contribution in [0.25, 0.3) is 0 Å². The summed E-state index contributed by atoms with van der Waals surface area (Å²) in [5, 5.41) is 5.75. The van der Waals surface area contributed by atoms with Crippen LogP contribution in [0.15, 0.2) is 77.9 Å². The van der Waals surface area contributed by atoms with Gasteiger partial charge in [0.25, 0.3) is 0 Å². The maximum atomic E-state index is 12.4. The van der Waals surface area contributed by atoms with Crippen LogP contribution in [0.4, 0.5) is 10.5 Å². The van der Waals surface area contributed by atoms with Crippen molar-refractivity contribution in [3.8, 4) is 0 Å². The Morgan fingerprint density at radius 1 is 1.06 bits per heavy atom. The van der Waals surface area contributed by atoms with Gasteiger partial charge in [-0.05, 0) is 29.3 Å². The lowest BCUT2D eigenvalue weighted by Gasteiger charge is -2.33. The molecule has 166 valence electrons. The van der Waals surface area contributed by atoms with Gasteiger partial charge in [-0.25, -0.2) is 14.6 Å². The van der Waals surface area contributed by atoms with Gasteiger partial charge >= 0.3 is 11.7 Å². The standard InChI is InChI=1S/C24H27N5O3/c30-23(26-15-22-18-28(12-13-32-22)16-19-6-2-1-3-7-19)27-21-9-4-8-20(14-21)17-29-11-5-10-25-24(29)31/h1-11,14,22H,12-13,15-18H2,(H2,26,27,30). The van der Waals surface area contributed by atoms with Crippen molar-refractivity contribution >= 4 is 11.7 Å². The number of ether oxygens (including phenoxy) is 1. The van der Waals surface area contributed by atoms with Crippen molar-refractivity contribution in [2.45, 2.75) is 19.2 Å². The third-order valence-electron chi connectivity index (χ3n) is 5.28. The molecule has 1 unspecified atom stereocenters. The Morgan fingerprint density at radius 3 is 2.75 bits per heavy atom. The average Bonchev–Trinajstić information content (AvgIpc) is 2.80. The smallest absolute Gasteiger partial charge is 0.347 e. The van der Waals surface area contributed by atoms with Crippen molar-refractivity contribution in [1.29, 1.82) is 0 Å². The maximum Gasteiger partial charge on any atom is 0.347 e. The SMILES string of the molecule is O=C(NCC1CN(Cc2ccccc2)CCO1)Nc1cccc(Cn2cccnc2=O)c1. The topological polar surface area (TPSA) is 88.5 Å². The third-order valence-corrected chi connectivity index (χ3v) is 5.28. The average molecular weight is 434 g/mol. The number of rotatable bonds is 7. The fraction of sp³-hybridized carbons (Fsp3) is 0.292. The number of anilines is 1. The number of hydrogen-bond acceptors (Lipinski definition) is 5. The Hall–Kier alpha value is -3.49. The predicted molar refractivity (Wildman–Crippen MR) is 123 cm³/mol. The van der Waals surface area contributed by atoms with Gasteiger partial charge < -0.3 is 15.4 Å². The molecule has 2 heterocycles. The molecule has 3 aromatic rings. The molecule has 2 amide bonds. The normalized spacial score (nSPS) is 16.4. The van der Waals surface area contributed by atoms with Gasteiger partial charge in [-0.15, -0.1) is 0 Å². The lowest BCUT2D eigenvalue weighted by atomic mass is 10.2. The second-order valence-electron chi connectivity index (χ2n) is 7.78. The van der Waals surface area contributed by atoms with E-state index in [1.165, 1.54) is 16.3 Å². The van der Waals surface area contributed by atoms with Gasteiger partial charge in [0.2, 0.25) is 0 Å². The minimum absolute atomic E-state index is 0.0537. The lowest BCUT2D eigenvalue weighted by Crippen LogP contribution is -2.47. The lowest BCUT2D eigenvalue weighted by molar-refractivity contribution is -0.0285. The molecular weight excluding hydrogens is 406 g/mol. The number of aromatic nitrogens is 2. The van der Waals surface area contributed by atoms with E-state index in [0.29, 0.717) is 25.4 Å². The minimum Gasteiger partial charge on any atom is -0.374 e. The molecule has 0 radical (unpaired) electrons. The van der Waals surface area contributed by atoms with E-state index in [2.05, 4.69) is 32.7 Å². The Kier molecular flexibility index (Phi) is 7.27. The third kappa shape index (κ3) is 6.26. The quantitative estimate of drug-likeness (QED) is 0.597. The number of nitrogens with zero attached hydrogens (tertiary/aromatic N) is 3. The molecule has 0 saturated carbocycles. The second kappa shape index (κ2) is 10.7. The Balaban J connectivity index is 1.26. The van der Waals surface area contributed by atoms with Crippen LogP contribution in [0, 0.1) is 0 Å². The van der Waals surface area contributed by atoms with Gasteiger partial charge in [0.05, 0.1) is 19.3 Å². The molecule has 32 heavy (non-hydrogen) atoms. The summed E-state index contributed by atoms with van der Waals surface area (Å²) in [6, 6.07) is 19.2. The highest BCUT2D eigenvalue weighted by Gasteiger charge is 2.21. The van der Waals surface area contributed by atoms with Crippen LogP contribution in [-0.4, -0.2) is 52.8 Å². The highest BCUT2D eigenvalue weighted by Crippen LogP contribution is 2.12. The van der Waals surface area contributed by atoms with Gasteiger partial charge in [-0.3, -0.25) is 9.47 Å². The van der Waals surface area contributed by atoms with Gasteiger partial charge in [0.15, 0.2) is 0 Å². The molecule has 0 aliphatic carbocycles. The molecule has 1 saturated heterocycles. The van der Waals surface area contributed by atoms with Crippen molar-refractivity contribution in [3.05, 3.63) is 94.7 Å². The maximum absolute atomic E-state index is 12.4. The summed E-state index contributed by atoms with van der Waals surface area (Å²) in [5.74, 6) is 0. The molecule has 1 aromatic heterocycles. The van der Waals surface area contributed by atoms with Crippen molar-refractivity contribution in [2.75, 3.05) is 31.6 Å². The highest BCUT2D eigenvalue weighted by molar-refractivity contribution is 5.89. The number of carbonyl (C=O) groups is 1. The minimum atomic E-state index is -0.308. The number of urea groups is 1. The monoisotopic (exact) mass is 433 g/mol. The van der Waals surface area contributed by atoms with Crippen LogP contribution >= 0.6 is 0 Å². The Bertz CT molecular complexity index is 1090. The zero-order valence-corrected chi connectivity index (χ0v) is 17.8. The Morgan fingerprint density at radius 2 is 1.91 bits per heavy atom. The zero-order valence-electron chi connectivity index (χ0n) is 17.8. The summed E-state index contributed by atoms with van der Waals surface area (Å²) in [5.41, 5.74) is 2.52. The first-order valence-electron chi connectivity index (χ1n) is 10.7. The van der Waals surface area contributed by atoms with Crippen LogP contribution in [0.1, 0.15) is 11.1 Å². The summed E-state index contributed by atoms with van der Waals surface area (Å²) in [6.07, 6.45) is 3.10. The number of benzene rings is 2. The van der Waals surface area contributed by atoms with E-state index in [0.717, 1.165) is 25.2 Å². The summed E-state index contributed by atoms with van der Waals surface area (Å²) >= 11 is 0. The van der Waals surface area contributed by atoms with Crippen molar-refractivity contribution in [1.82, 2.24) is 19.8 Å². The van der Waals surface area contributed by atoms with Crippen molar-refractivity contribution in [3.63, 3.8) is 0 Å². The predicted octanol–water partition coefficient (Wildman–Crippen LogP) is 2.31. The van der Waals surface area contributed by atoms with Gasteiger partial charge in [0, 0.05) is 44.3 Å². The van der Waals surface area contributed by atoms with Crippen LogP contribution in [0.5, 0.6) is 0 Å². The fourth-order valence-electron chi connectivity index (χ4n) is 3.72. The number of amides is 2. The van der Waals surface area contributed by atoms with E-state index in [1.54, 1.807) is 12.3 Å². The molecule has 0 spiro atoms. The molecule has 8 nitrogen and oxygen atoms in total. The molecule has 2 aromatic carbocycles. The number of hydrogen-bond donors (Lipinski definition) is 2. The molecule has 0 bridgehead atoms. The molecule has 8 heteroatoms. The highest BCUT2D eigenvalue weighted by atomic mass is 16.5. The first kappa shape index (κ1) is 21.7. The number of morpholine rings is 1. The van der Waals surface area contributed by atoms with E-state index >= 15 is 0 Å². The first-order valence-corrected chi connectivity index (χ1v) is 10.7. The molecule has 2 N–H and O–H groups in total. The Labute approximate surface area is 186 Å². The summed E-state index contributed by atoms with van der Waals surface area (Å²) < 4.78 is 7.34. The summed E-state index contributed by atoms with van der Waals surface area (Å²) in [6.45, 7) is 3.99. The van der Waals surface area contributed by atoms with Crippen molar-refractivity contribution in [2.24, 2.45) is 0 Å². The zero-order chi connectivity index (χ0) is 22.2. The molecule has 1 aliphatic heterocycles. The van der Waals surface area contributed by atoms with Crippen LogP contribution in [-0.2, 0) is 17.8 Å². The van der Waals surface area contributed by atoms with Gasteiger partial charge in [-0.2, -0.15) is 0 Å². The van der Waals surface area contributed by atoms with Gasteiger partial charge in [-0.1, -0.05) is 42.5 Å². The molecule has 4 rings (SSSR count). The van der Waals surface area contributed by atoms with Crippen LogP contribution in [0.2, 0.25) is 0 Å². The number of nitrogens with one attached hydrogen (secondary N) is 2. The fourth-order valence-corrected chi connectivity index (χ4v) is 3.72. The van der Waals surface area contributed by atoms with Crippen LogP contribution < -0.4 is 16.3 Å². The molecule has 1 fully saturated rings. The van der Waals surface area contributed by atoms with E-state index in [9.17, 15) is 9.59 Å². The van der Waals surface area contributed by atoms with E-state index in [4.69, 9.17) is 4.74 Å². The molecule has 1 aliphatic rings. The van der Waals surface area contributed by atoms with Crippen molar-refractivity contribution < 1.29 is 9.53 Å².